The molecule has 0 aromatic heterocycles. The lowest BCUT2D eigenvalue weighted by Crippen LogP contribution is -2.08. The first-order valence-corrected chi connectivity index (χ1v) is 30.5. The predicted molar refractivity (Wildman–Crippen MR) is 353 cm³/mol. The highest BCUT2D eigenvalue weighted by Crippen LogP contribution is 2.26. The molecule has 7 rings (SSSR count). The molecule has 0 saturated carbocycles. The summed E-state index contributed by atoms with van der Waals surface area (Å²) in [5.41, 5.74) is 7.20. The Morgan fingerprint density at radius 3 is 0.945 bits per heavy atom. The fraction of sp³-hybridized carbons (Fsp3) is 0.289. The Kier molecular flexibility index (Phi) is 32.3. The summed E-state index contributed by atoms with van der Waals surface area (Å²) >= 11 is 0. The molecule has 0 unspecified atom stereocenters. The molecule has 0 spiro atoms. The van der Waals surface area contributed by atoms with Gasteiger partial charge in [-0.05, 0) is 229 Å². The average Bonchev–Trinajstić information content (AvgIpc) is 3.68. The lowest BCUT2D eigenvalue weighted by Gasteiger charge is -2.09. The average molecular weight is 1230 g/mol. The number of esters is 5. The van der Waals surface area contributed by atoms with E-state index in [0.717, 1.165) is 117 Å². The topological polar surface area (TPSA) is 192 Å². The lowest BCUT2D eigenvalue weighted by atomic mass is 10.0. The van der Waals surface area contributed by atoms with Crippen LogP contribution in [0.2, 0.25) is 0 Å². The van der Waals surface area contributed by atoms with Gasteiger partial charge in [-0.15, -0.1) is 0 Å². The van der Waals surface area contributed by atoms with Crippen molar-refractivity contribution < 1.29 is 66.6 Å². The maximum absolute atomic E-state index is 12.5. The van der Waals surface area contributed by atoms with Crippen LogP contribution in [0.5, 0.6) is 34.5 Å². The molecule has 0 bridgehead atoms. The third-order valence-corrected chi connectivity index (χ3v) is 13.5. The number of carbonyl (C=O) groups is 5. The van der Waals surface area contributed by atoms with Gasteiger partial charge in [-0.1, -0.05) is 86.5 Å². The van der Waals surface area contributed by atoms with E-state index in [-0.39, 0.29) is 17.9 Å². The molecule has 0 aliphatic carbocycles. The van der Waals surface area contributed by atoms with Crippen molar-refractivity contribution in [1.82, 2.24) is 0 Å². The van der Waals surface area contributed by atoms with Crippen molar-refractivity contribution in [1.29, 1.82) is 5.26 Å². The molecular weight excluding hydrogens is 1150 g/mol. The Balaban J connectivity index is 0.000000250. The molecule has 0 aliphatic rings. The van der Waals surface area contributed by atoms with Crippen molar-refractivity contribution in [2.45, 2.75) is 97.8 Å². The first kappa shape index (κ1) is 71.6. The Morgan fingerprint density at radius 1 is 0.341 bits per heavy atom. The maximum Gasteiger partial charge on any atom is 0.343 e. The number of nitriles is 1. The van der Waals surface area contributed by atoms with Gasteiger partial charge in [-0.25, -0.2) is 24.0 Å². The van der Waals surface area contributed by atoms with E-state index in [1.807, 2.05) is 91.0 Å². The van der Waals surface area contributed by atoms with E-state index in [4.69, 9.17) is 47.9 Å². The molecule has 0 fully saturated rings. The summed E-state index contributed by atoms with van der Waals surface area (Å²) < 4.78 is 48.3. The second-order valence-electron chi connectivity index (χ2n) is 21.1. The molecule has 0 saturated heterocycles. The fourth-order valence-corrected chi connectivity index (χ4v) is 8.28. The zero-order chi connectivity index (χ0) is 65.4. The zero-order valence-corrected chi connectivity index (χ0v) is 52.8. The fourth-order valence-electron chi connectivity index (χ4n) is 8.28. The minimum absolute atomic E-state index is 0.317. The van der Waals surface area contributed by atoms with Gasteiger partial charge in [0.05, 0.1) is 69.5 Å². The molecule has 0 heterocycles. The molecular formula is C76H83NO14. The first-order valence-electron chi connectivity index (χ1n) is 30.5. The molecule has 0 atom stereocenters. The van der Waals surface area contributed by atoms with E-state index in [1.165, 1.54) is 0 Å². The monoisotopic (exact) mass is 1230 g/mol. The van der Waals surface area contributed by atoms with E-state index >= 15 is 0 Å². The van der Waals surface area contributed by atoms with Crippen LogP contribution in [0.3, 0.4) is 0 Å². The van der Waals surface area contributed by atoms with Crippen molar-refractivity contribution in [2.24, 2.45) is 0 Å². The third kappa shape index (κ3) is 28.2. The van der Waals surface area contributed by atoms with Crippen LogP contribution in [0, 0.1) is 11.3 Å². The highest BCUT2D eigenvalue weighted by molar-refractivity contribution is 5.92. The standard InChI is InChI=1S/C29H30O5.C24H28O6.C23H25NO3/c1-22(2)28(30)33-21-9-4-3-8-20-32-26-16-18-27(19-17-26)34-29(31)25-14-12-24(13-15-25)23-10-6-5-7-11-23;1-18(2)23(25)29-17-7-5-4-6-16-28-21-12-14-22(15-13-21)30-24(26)19-8-10-20(27-3)11-9-19;1-18(2)23(25)27-16-6-4-3-5-15-26-22-13-11-21(12-14-22)20-9-7-19(17-24)8-10-20/h5-7,10-19H,1,3-4,8-9,20-21H2,2H3;8-15H,1,4-7,16-17H2,2-3H3;7-14H,1,3-6,15-16H2,2H3. The molecule has 15 heteroatoms. The quantitative estimate of drug-likeness (QED) is 0.0121. The summed E-state index contributed by atoms with van der Waals surface area (Å²) in [7, 11) is 1.57. The van der Waals surface area contributed by atoms with Gasteiger partial charge in [0.15, 0.2) is 0 Å². The van der Waals surface area contributed by atoms with Crippen LogP contribution in [0.1, 0.15) is 124 Å². The SMILES string of the molecule is C=C(C)C(=O)OCCCCCCOc1ccc(-c2ccc(C#N)cc2)cc1.C=C(C)C(=O)OCCCCCCOc1ccc(OC(=O)c2ccc(-c3ccccc3)cc2)cc1.C=C(C)C(=O)OCCCCCCOc1ccc(OC(=O)c2ccc(OC)cc2)cc1. The van der Waals surface area contributed by atoms with E-state index in [0.29, 0.717) is 90.3 Å². The van der Waals surface area contributed by atoms with Crippen molar-refractivity contribution in [3.8, 4) is 62.8 Å². The minimum Gasteiger partial charge on any atom is -0.497 e. The Morgan fingerprint density at radius 2 is 0.615 bits per heavy atom. The van der Waals surface area contributed by atoms with Gasteiger partial charge in [0, 0.05) is 16.7 Å². The van der Waals surface area contributed by atoms with Gasteiger partial charge in [0.1, 0.15) is 34.5 Å². The largest absolute Gasteiger partial charge is 0.497 e. The summed E-state index contributed by atoms with van der Waals surface area (Å²) in [5, 5.41) is 8.85. The number of carbonyl (C=O) groups excluding carboxylic acids is 5. The Hall–Kier alpha value is -10.2. The highest BCUT2D eigenvalue weighted by atomic mass is 16.6. The van der Waals surface area contributed by atoms with Crippen LogP contribution in [0.25, 0.3) is 22.3 Å². The normalized spacial score (nSPS) is 10.2. The predicted octanol–water partition coefficient (Wildman–Crippen LogP) is 16.9. The smallest absolute Gasteiger partial charge is 0.343 e. The number of benzene rings is 7. The van der Waals surface area contributed by atoms with Crippen LogP contribution in [-0.4, -0.2) is 76.6 Å². The van der Waals surface area contributed by atoms with Crippen molar-refractivity contribution in [2.75, 3.05) is 46.8 Å². The van der Waals surface area contributed by atoms with Gasteiger partial charge >= 0.3 is 29.8 Å². The maximum atomic E-state index is 12.5. The van der Waals surface area contributed by atoms with Crippen LogP contribution in [0.15, 0.2) is 212 Å². The first-order chi connectivity index (χ1) is 44.1. The van der Waals surface area contributed by atoms with E-state index < -0.39 is 11.9 Å². The number of unbranched alkanes of at least 4 members (excludes halogenated alkanes) is 9. The zero-order valence-electron chi connectivity index (χ0n) is 52.8. The molecule has 7 aromatic carbocycles. The Labute approximate surface area is 535 Å². The van der Waals surface area contributed by atoms with E-state index in [2.05, 4.69) is 25.8 Å². The van der Waals surface area contributed by atoms with E-state index in [1.54, 1.807) is 113 Å². The number of nitrogens with zero attached hydrogens (tertiary/aromatic N) is 1. The number of methoxy groups -OCH3 is 1. The highest BCUT2D eigenvalue weighted by Gasteiger charge is 2.12. The molecule has 0 aliphatic heterocycles. The van der Waals surface area contributed by atoms with Gasteiger partial charge in [0.2, 0.25) is 0 Å². The number of hydrogen-bond donors (Lipinski definition) is 0. The van der Waals surface area contributed by atoms with Crippen molar-refractivity contribution in [3.63, 3.8) is 0 Å². The lowest BCUT2D eigenvalue weighted by molar-refractivity contribution is -0.139. The van der Waals surface area contributed by atoms with Crippen LogP contribution < -0.4 is 28.4 Å². The summed E-state index contributed by atoms with van der Waals surface area (Å²) in [6.07, 6.45) is 11.2. The van der Waals surface area contributed by atoms with Gasteiger partial charge in [-0.3, -0.25) is 0 Å². The molecule has 476 valence electrons. The minimum atomic E-state index is -0.430. The summed E-state index contributed by atoms with van der Waals surface area (Å²) in [5.74, 6) is 2.07. The number of rotatable bonds is 34. The third-order valence-electron chi connectivity index (χ3n) is 13.5. The number of ether oxygens (including phenoxy) is 9. The van der Waals surface area contributed by atoms with Crippen LogP contribution in [-0.2, 0) is 28.6 Å². The van der Waals surface area contributed by atoms with E-state index in [9.17, 15) is 24.0 Å². The molecule has 0 N–H and O–H groups in total. The van der Waals surface area contributed by atoms with Gasteiger partial charge < -0.3 is 42.6 Å². The van der Waals surface area contributed by atoms with Crippen molar-refractivity contribution in [3.05, 3.63) is 229 Å². The number of hydrogen-bond acceptors (Lipinski definition) is 15. The second-order valence-corrected chi connectivity index (χ2v) is 21.1. The van der Waals surface area contributed by atoms with Crippen LogP contribution >= 0.6 is 0 Å². The van der Waals surface area contributed by atoms with Crippen molar-refractivity contribution >= 4 is 29.8 Å². The summed E-state index contributed by atoms with van der Waals surface area (Å²) in [6.45, 7) is 18.7. The van der Waals surface area contributed by atoms with Crippen LogP contribution in [0.4, 0.5) is 0 Å². The molecule has 0 radical (unpaired) electrons. The Bertz CT molecular complexity index is 3410. The van der Waals surface area contributed by atoms with Gasteiger partial charge in [-0.2, -0.15) is 5.26 Å². The molecule has 91 heavy (non-hydrogen) atoms. The summed E-state index contributed by atoms with van der Waals surface area (Å²) in [6, 6.07) is 55.7. The molecule has 7 aromatic rings. The summed E-state index contributed by atoms with van der Waals surface area (Å²) in [4.78, 5) is 58.4. The molecule has 0 amide bonds. The second kappa shape index (κ2) is 41.1. The van der Waals surface area contributed by atoms with Gasteiger partial charge in [0.25, 0.3) is 0 Å². The molecule has 15 nitrogen and oxygen atoms in total.